The van der Waals surface area contributed by atoms with Crippen molar-refractivity contribution in [2.24, 2.45) is 5.10 Å². The van der Waals surface area contributed by atoms with E-state index in [2.05, 4.69) is 20.5 Å². The quantitative estimate of drug-likeness (QED) is 0.591. The van der Waals surface area contributed by atoms with Crippen LogP contribution >= 0.6 is 11.3 Å². The number of aryl methyl sites for hydroxylation is 1. The SMILES string of the molecule is Cc1csc2c(NN=Cc3ccc(F)cc3)ncnc12. The standard InChI is InChI=1S/C14H11FN4S/c1-9-7-20-13-12(9)16-8-17-14(13)19-18-6-10-2-4-11(15)5-3-10/h2-8H,1H3,(H,16,17,19). The van der Waals surface area contributed by atoms with Crippen LogP contribution in [0.2, 0.25) is 0 Å². The van der Waals surface area contributed by atoms with Gasteiger partial charge in [0.2, 0.25) is 0 Å². The molecule has 0 bridgehead atoms. The van der Waals surface area contributed by atoms with E-state index in [9.17, 15) is 4.39 Å². The van der Waals surface area contributed by atoms with Crippen molar-refractivity contribution in [1.82, 2.24) is 9.97 Å². The normalized spacial score (nSPS) is 11.3. The largest absolute Gasteiger partial charge is 0.260 e. The van der Waals surface area contributed by atoms with Crippen LogP contribution in [-0.2, 0) is 0 Å². The van der Waals surface area contributed by atoms with Crippen molar-refractivity contribution in [3.63, 3.8) is 0 Å². The molecule has 1 N–H and O–H groups in total. The lowest BCUT2D eigenvalue weighted by molar-refractivity contribution is 0.628. The molecule has 1 aromatic carbocycles. The topological polar surface area (TPSA) is 50.2 Å². The Kier molecular flexibility index (Phi) is 3.39. The van der Waals surface area contributed by atoms with Crippen molar-refractivity contribution < 1.29 is 4.39 Å². The number of nitrogens with zero attached hydrogens (tertiary/aromatic N) is 3. The Morgan fingerprint density at radius 3 is 2.85 bits per heavy atom. The monoisotopic (exact) mass is 286 g/mol. The van der Waals surface area contributed by atoms with Gasteiger partial charge in [0.1, 0.15) is 12.1 Å². The minimum Gasteiger partial charge on any atom is -0.260 e. The van der Waals surface area contributed by atoms with Gasteiger partial charge < -0.3 is 0 Å². The number of aromatic nitrogens is 2. The number of thiophene rings is 1. The molecule has 0 aliphatic carbocycles. The first kappa shape index (κ1) is 12.7. The van der Waals surface area contributed by atoms with E-state index in [1.165, 1.54) is 18.5 Å². The van der Waals surface area contributed by atoms with Gasteiger partial charge in [-0.3, -0.25) is 5.43 Å². The summed E-state index contributed by atoms with van der Waals surface area (Å²) in [6.45, 7) is 2.01. The molecule has 0 amide bonds. The summed E-state index contributed by atoms with van der Waals surface area (Å²) in [6.07, 6.45) is 3.13. The third kappa shape index (κ3) is 2.50. The highest BCUT2D eigenvalue weighted by atomic mass is 32.1. The summed E-state index contributed by atoms with van der Waals surface area (Å²) >= 11 is 1.58. The van der Waals surface area contributed by atoms with E-state index in [-0.39, 0.29) is 5.82 Å². The summed E-state index contributed by atoms with van der Waals surface area (Å²) in [6, 6.07) is 6.11. The Labute approximate surface area is 119 Å². The van der Waals surface area contributed by atoms with E-state index in [4.69, 9.17) is 0 Å². The summed E-state index contributed by atoms with van der Waals surface area (Å²) in [7, 11) is 0. The first-order valence-electron chi connectivity index (χ1n) is 5.97. The number of nitrogens with one attached hydrogen (secondary N) is 1. The number of rotatable bonds is 3. The number of hydrogen-bond acceptors (Lipinski definition) is 5. The van der Waals surface area contributed by atoms with Crippen LogP contribution in [0.15, 0.2) is 41.1 Å². The Bertz CT molecular complexity index is 764. The number of fused-ring (bicyclic) bond motifs is 1. The maximum Gasteiger partial charge on any atom is 0.167 e. The minimum absolute atomic E-state index is 0.262. The molecular formula is C14H11FN4S. The van der Waals surface area contributed by atoms with E-state index in [0.717, 1.165) is 21.3 Å². The van der Waals surface area contributed by atoms with E-state index in [1.807, 2.05) is 12.3 Å². The molecule has 4 nitrogen and oxygen atoms in total. The average Bonchev–Trinajstić information content (AvgIpc) is 2.84. The van der Waals surface area contributed by atoms with Crippen LogP contribution in [0.25, 0.3) is 10.2 Å². The Balaban J connectivity index is 1.81. The van der Waals surface area contributed by atoms with Gasteiger partial charge in [-0.1, -0.05) is 12.1 Å². The minimum atomic E-state index is -0.262. The molecule has 3 aromatic rings. The molecule has 0 unspecified atom stereocenters. The molecule has 0 spiro atoms. The number of benzene rings is 1. The molecule has 0 atom stereocenters. The van der Waals surface area contributed by atoms with E-state index < -0.39 is 0 Å². The Morgan fingerprint density at radius 1 is 1.25 bits per heavy atom. The fraction of sp³-hybridized carbons (Fsp3) is 0.0714. The van der Waals surface area contributed by atoms with Crippen molar-refractivity contribution in [3.8, 4) is 0 Å². The second kappa shape index (κ2) is 5.34. The van der Waals surface area contributed by atoms with Gasteiger partial charge >= 0.3 is 0 Å². The maximum atomic E-state index is 12.8. The molecule has 2 aromatic heterocycles. The molecule has 0 saturated heterocycles. The third-order valence-corrected chi connectivity index (χ3v) is 3.88. The highest BCUT2D eigenvalue weighted by molar-refractivity contribution is 7.18. The summed E-state index contributed by atoms with van der Waals surface area (Å²) in [5.41, 5.74) is 5.77. The molecule has 6 heteroatoms. The van der Waals surface area contributed by atoms with Crippen molar-refractivity contribution >= 4 is 33.6 Å². The number of anilines is 1. The molecule has 20 heavy (non-hydrogen) atoms. The summed E-state index contributed by atoms with van der Waals surface area (Å²) in [5, 5.41) is 6.16. The number of halogens is 1. The molecule has 100 valence electrons. The van der Waals surface area contributed by atoms with Gasteiger partial charge in [-0.2, -0.15) is 5.10 Å². The Morgan fingerprint density at radius 2 is 2.05 bits per heavy atom. The van der Waals surface area contributed by atoms with Crippen molar-refractivity contribution in [2.75, 3.05) is 5.43 Å². The second-order valence-electron chi connectivity index (χ2n) is 4.24. The zero-order valence-electron chi connectivity index (χ0n) is 10.7. The molecule has 0 radical (unpaired) electrons. The zero-order chi connectivity index (χ0) is 13.9. The average molecular weight is 286 g/mol. The van der Waals surface area contributed by atoms with Crippen LogP contribution in [0.3, 0.4) is 0 Å². The van der Waals surface area contributed by atoms with E-state index in [0.29, 0.717) is 5.82 Å². The predicted octanol–water partition coefficient (Wildman–Crippen LogP) is 3.58. The van der Waals surface area contributed by atoms with Gasteiger partial charge in [-0.15, -0.1) is 11.3 Å². The van der Waals surface area contributed by atoms with Gasteiger partial charge in [0, 0.05) is 0 Å². The zero-order valence-corrected chi connectivity index (χ0v) is 11.5. The highest BCUT2D eigenvalue weighted by Crippen LogP contribution is 2.28. The fourth-order valence-electron chi connectivity index (χ4n) is 1.77. The van der Waals surface area contributed by atoms with E-state index >= 15 is 0 Å². The summed E-state index contributed by atoms with van der Waals surface area (Å²) in [4.78, 5) is 8.42. The number of hydrogen-bond donors (Lipinski definition) is 1. The van der Waals surface area contributed by atoms with Crippen LogP contribution in [-0.4, -0.2) is 16.2 Å². The van der Waals surface area contributed by atoms with Crippen molar-refractivity contribution in [3.05, 3.63) is 52.9 Å². The smallest absolute Gasteiger partial charge is 0.167 e. The van der Waals surface area contributed by atoms with Gasteiger partial charge in [-0.25, -0.2) is 14.4 Å². The lowest BCUT2D eigenvalue weighted by Gasteiger charge is -2.00. The molecule has 0 fully saturated rings. The molecule has 0 saturated carbocycles. The van der Waals surface area contributed by atoms with Gasteiger partial charge in [0.05, 0.1) is 16.4 Å². The lowest BCUT2D eigenvalue weighted by Crippen LogP contribution is -1.94. The number of hydrazone groups is 1. The molecule has 3 rings (SSSR count). The lowest BCUT2D eigenvalue weighted by atomic mass is 10.2. The van der Waals surface area contributed by atoms with Crippen molar-refractivity contribution in [1.29, 1.82) is 0 Å². The molecule has 0 aliphatic rings. The van der Waals surface area contributed by atoms with Gasteiger partial charge in [0.15, 0.2) is 5.82 Å². The molecular weight excluding hydrogens is 275 g/mol. The predicted molar refractivity (Wildman–Crippen MR) is 79.8 cm³/mol. The highest BCUT2D eigenvalue weighted by Gasteiger charge is 2.06. The van der Waals surface area contributed by atoms with Crippen LogP contribution < -0.4 is 5.43 Å². The van der Waals surface area contributed by atoms with Crippen LogP contribution in [0.1, 0.15) is 11.1 Å². The van der Waals surface area contributed by atoms with Crippen LogP contribution in [0, 0.1) is 12.7 Å². The van der Waals surface area contributed by atoms with Crippen molar-refractivity contribution in [2.45, 2.75) is 6.92 Å². The molecule has 2 heterocycles. The summed E-state index contributed by atoms with van der Waals surface area (Å²) < 4.78 is 13.7. The second-order valence-corrected chi connectivity index (χ2v) is 5.12. The summed E-state index contributed by atoms with van der Waals surface area (Å²) in [5.74, 6) is 0.410. The molecule has 0 aliphatic heterocycles. The van der Waals surface area contributed by atoms with Gasteiger partial charge in [0.25, 0.3) is 0 Å². The first-order chi connectivity index (χ1) is 9.74. The maximum absolute atomic E-state index is 12.8. The van der Waals surface area contributed by atoms with Gasteiger partial charge in [-0.05, 0) is 35.6 Å². The van der Waals surface area contributed by atoms with Crippen LogP contribution in [0.5, 0.6) is 0 Å². The fourth-order valence-corrected chi connectivity index (χ4v) is 2.71. The third-order valence-electron chi connectivity index (χ3n) is 2.78. The van der Waals surface area contributed by atoms with E-state index in [1.54, 1.807) is 29.7 Å². The first-order valence-corrected chi connectivity index (χ1v) is 6.85. The Hall–Kier alpha value is -2.34. The van der Waals surface area contributed by atoms with Crippen LogP contribution in [0.4, 0.5) is 10.2 Å².